The summed E-state index contributed by atoms with van der Waals surface area (Å²) < 4.78 is 32.4. The molecule has 1 aliphatic rings. The smallest absolute Gasteiger partial charge is 0.219 e. The molecule has 244 valence electrons. The first-order chi connectivity index (χ1) is 21.8. The topological polar surface area (TPSA) is 56.7 Å². The van der Waals surface area contributed by atoms with Crippen LogP contribution < -0.4 is 9.47 Å². The number of nitrogens with zero attached hydrogens (tertiary/aromatic N) is 3. The summed E-state index contributed by atoms with van der Waals surface area (Å²) in [6.45, 7) is 16.3. The summed E-state index contributed by atoms with van der Waals surface area (Å²) in [5.41, 5.74) is 6.59. The number of ether oxygens (including phenoxy) is 2. The Labute approximate surface area is 283 Å². The molecule has 5 rings (SSSR count). The Kier molecular flexibility index (Phi) is 10.2. The van der Waals surface area contributed by atoms with Crippen molar-refractivity contribution in [2.24, 2.45) is 0 Å². The van der Waals surface area contributed by atoms with E-state index >= 15 is 0 Å². The number of fused-ring (bicyclic) bond motifs is 1. The predicted molar refractivity (Wildman–Crippen MR) is 188 cm³/mol. The fourth-order valence-corrected chi connectivity index (χ4v) is 7.21. The van der Waals surface area contributed by atoms with Crippen LogP contribution in [-0.2, 0) is 17.4 Å². The Hall–Kier alpha value is -3.01. The zero-order valence-corrected chi connectivity index (χ0v) is 30.4. The van der Waals surface area contributed by atoms with E-state index < -0.39 is 14.1 Å². The molecule has 10 heteroatoms. The van der Waals surface area contributed by atoms with Gasteiger partial charge in [-0.2, -0.15) is 0 Å². The molecule has 0 saturated carbocycles. The zero-order chi connectivity index (χ0) is 33.4. The summed E-state index contributed by atoms with van der Waals surface area (Å²) in [5, 5.41) is 1.05. The predicted octanol–water partition coefficient (Wildman–Crippen LogP) is 9.63. The lowest BCUT2D eigenvalue weighted by atomic mass is 9.94. The Morgan fingerprint density at radius 2 is 1.70 bits per heavy atom. The molecule has 0 fully saturated rings. The van der Waals surface area contributed by atoms with E-state index in [2.05, 4.69) is 54.8 Å². The van der Waals surface area contributed by atoms with Gasteiger partial charge in [0, 0.05) is 71.9 Å². The summed E-state index contributed by atoms with van der Waals surface area (Å²) in [6.07, 6.45) is 2.61. The van der Waals surface area contributed by atoms with Gasteiger partial charge in [-0.1, -0.05) is 62.2 Å². The van der Waals surface area contributed by atoms with Crippen LogP contribution in [0.5, 0.6) is 11.6 Å². The SMILES string of the molecule is COc1cc(-c2nccc(-c3cccc(-c4cc(F)c(C)c(OC)n4)c3Cl)c2Cl)cc2c1CN(CCO[Si](C)(C)C(C)(C)C)CC2. The molecule has 2 aromatic carbocycles. The average molecular weight is 683 g/mol. The van der Waals surface area contributed by atoms with Crippen LogP contribution in [0.2, 0.25) is 28.2 Å². The highest BCUT2D eigenvalue weighted by Crippen LogP contribution is 2.43. The van der Waals surface area contributed by atoms with Crippen molar-refractivity contribution in [3.05, 3.63) is 81.2 Å². The second kappa shape index (κ2) is 13.6. The standard InChI is InChI=1S/C36H42Cl2FN3O3Si/c1-22-29(39)20-30(41-35(22)44-6)27-11-9-10-25(32(27)37)26-12-14-40-34(33(26)38)24-18-23-13-15-42(21-28(23)31(19-24)43-5)16-17-45-46(7,8)36(2,3)4/h9-12,14,18-20H,13,15-17,21H2,1-8H3. The molecule has 0 spiro atoms. The van der Waals surface area contributed by atoms with Gasteiger partial charge in [-0.25, -0.2) is 9.37 Å². The molecule has 0 radical (unpaired) electrons. The number of rotatable bonds is 9. The van der Waals surface area contributed by atoms with E-state index in [0.29, 0.717) is 43.7 Å². The highest BCUT2D eigenvalue weighted by atomic mass is 35.5. The molecule has 0 amide bonds. The van der Waals surface area contributed by atoms with Crippen molar-refractivity contribution in [2.45, 2.75) is 58.8 Å². The number of methoxy groups -OCH3 is 2. The molecule has 46 heavy (non-hydrogen) atoms. The normalized spacial score (nSPS) is 13.9. The van der Waals surface area contributed by atoms with E-state index in [1.54, 1.807) is 26.3 Å². The fraction of sp³-hybridized carbons (Fsp3) is 0.389. The van der Waals surface area contributed by atoms with Crippen molar-refractivity contribution in [1.29, 1.82) is 0 Å². The van der Waals surface area contributed by atoms with Gasteiger partial charge in [0.25, 0.3) is 0 Å². The molecule has 0 aliphatic carbocycles. The first kappa shape index (κ1) is 34.3. The van der Waals surface area contributed by atoms with Gasteiger partial charge in [0.1, 0.15) is 11.6 Å². The molecule has 6 nitrogen and oxygen atoms in total. The van der Waals surface area contributed by atoms with Crippen LogP contribution in [0.1, 0.15) is 37.5 Å². The van der Waals surface area contributed by atoms with Crippen molar-refractivity contribution in [1.82, 2.24) is 14.9 Å². The quantitative estimate of drug-likeness (QED) is 0.164. The van der Waals surface area contributed by atoms with E-state index in [9.17, 15) is 4.39 Å². The lowest BCUT2D eigenvalue weighted by molar-refractivity contribution is 0.185. The van der Waals surface area contributed by atoms with Gasteiger partial charge in [-0.15, -0.1) is 0 Å². The van der Waals surface area contributed by atoms with Gasteiger partial charge in [0.2, 0.25) is 5.88 Å². The van der Waals surface area contributed by atoms with E-state index in [-0.39, 0.29) is 10.9 Å². The highest BCUT2D eigenvalue weighted by molar-refractivity contribution is 6.74. The van der Waals surface area contributed by atoms with Crippen molar-refractivity contribution >= 4 is 31.5 Å². The maximum Gasteiger partial charge on any atom is 0.219 e. The van der Waals surface area contributed by atoms with E-state index in [1.165, 1.54) is 24.3 Å². The summed E-state index contributed by atoms with van der Waals surface area (Å²) in [6, 6.07) is 12.9. The Balaban J connectivity index is 1.44. The molecule has 1 aliphatic heterocycles. The van der Waals surface area contributed by atoms with Crippen LogP contribution in [0.4, 0.5) is 4.39 Å². The van der Waals surface area contributed by atoms with Crippen LogP contribution in [-0.4, -0.2) is 57.1 Å². The fourth-order valence-electron chi connectivity index (χ4n) is 5.53. The summed E-state index contributed by atoms with van der Waals surface area (Å²) >= 11 is 14.1. The van der Waals surface area contributed by atoms with Gasteiger partial charge in [-0.3, -0.25) is 9.88 Å². The van der Waals surface area contributed by atoms with Gasteiger partial charge in [0.15, 0.2) is 8.32 Å². The van der Waals surface area contributed by atoms with Gasteiger partial charge >= 0.3 is 0 Å². The van der Waals surface area contributed by atoms with Crippen molar-refractivity contribution in [3.63, 3.8) is 0 Å². The Bertz CT molecular complexity index is 1740. The maximum absolute atomic E-state index is 14.7. The van der Waals surface area contributed by atoms with E-state index in [1.807, 2.05) is 24.3 Å². The first-order valence-corrected chi connectivity index (χ1v) is 19.1. The molecule has 0 atom stereocenters. The average Bonchev–Trinajstić information content (AvgIpc) is 3.01. The van der Waals surface area contributed by atoms with E-state index in [4.69, 9.17) is 37.1 Å². The lowest BCUT2D eigenvalue weighted by Gasteiger charge is -2.37. The molecule has 0 saturated heterocycles. The minimum atomic E-state index is -1.79. The molecule has 2 aromatic heterocycles. The number of benzene rings is 2. The number of halogens is 3. The molecule has 0 bridgehead atoms. The van der Waals surface area contributed by atoms with Crippen LogP contribution in [0, 0.1) is 12.7 Å². The minimum Gasteiger partial charge on any atom is -0.496 e. The largest absolute Gasteiger partial charge is 0.496 e. The van der Waals surface area contributed by atoms with Crippen LogP contribution in [0.25, 0.3) is 33.6 Å². The monoisotopic (exact) mass is 681 g/mol. The van der Waals surface area contributed by atoms with Crippen LogP contribution in [0.3, 0.4) is 0 Å². The van der Waals surface area contributed by atoms with Crippen molar-refractivity contribution in [2.75, 3.05) is 33.9 Å². The van der Waals surface area contributed by atoms with Crippen LogP contribution >= 0.6 is 23.2 Å². The summed E-state index contributed by atoms with van der Waals surface area (Å²) in [4.78, 5) is 11.6. The van der Waals surface area contributed by atoms with Crippen molar-refractivity contribution < 1.29 is 18.3 Å². The summed E-state index contributed by atoms with van der Waals surface area (Å²) in [5.74, 6) is 0.605. The molecule has 0 N–H and O–H groups in total. The molecular formula is C36H42Cl2FN3O3Si. The van der Waals surface area contributed by atoms with Crippen molar-refractivity contribution in [3.8, 4) is 45.3 Å². The lowest BCUT2D eigenvalue weighted by Crippen LogP contribution is -2.43. The highest BCUT2D eigenvalue weighted by Gasteiger charge is 2.37. The van der Waals surface area contributed by atoms with Gasteiger partial charge in [-0.05, 0) is 55.2 Å². The first-order valence-electron chi connectivity index (χ1n) is 15.5. The number of pyridine rings is 2. The molecule has 4 aromatic rings. The summed E-state index contributed by atoms with van der Waals surface area (Å²) in [7, 11) is 1.37. The molecular weight excluding hydrogens is 640 g/mol. The minimum absolute atomic E-state index is 0.188. The Morgan fingerprint density at radius 3 is 2.39 bits per heavy atom. The maximum atomic E-state index is 14.7. The zero-order valence-electron chi connectivity index (χ0n) is 27.9. The Morgan fingerprint density at radius 1 is 0.978 bits per heavy atom. The molecule has 0 unspecified atom stereocenters. The molecule has 3 heterocycles. The van der Waals surface area contributed by atoms with Crippen LogP contribution in [0.15, 0.2) is 48.7 Å². The number of hydrogen-bond acceptors (Lipinski definition) is 6. The number of aromatic nitrogens is 2. The number of hydrogen-bond donors (Lipinski definition) is 0. The van der Waals surface area contributed by atoms with E-state index in [0.717, 1.165) is 44.0 Å². The third-order valence-corrected chi connectivity index (χ3v) is 14.7. The second-order valence-corrected chi connectivity index (χ2v) is 18.8. The van der Waals surface area contributed by atoms with Gasteiger partial charge < -0.3 is 13.9 Å². The third-order valence-electron chi connectivity index (χ3n) is 9.36. The van der Waals surface area contributed by atoms with Gasteiger partial charge in [0.05, 0.1) is 35.7 Å². The second-order valence-electron chi connectivity index (χ2n) is 13.3. The third kappa shape index (κ3) is 6.83.